The Labute approximate surface area is 239 Å². The fourth-order valence-corrected chi connectivity index (χ4v) is 5.22. The maximum atomic E-state index is 13.0. The molecule has 1 unspecified atom stereocenters. The van der Waals surface area contributed by atoms with Crippen molar-refractivity contribution >= 4 is 28.6 Å². The predicted octanol–water partition coefficient (Wildman–Crippen LogP) is 4.65. The number of amides is 4. The number of fused-ring (bicyclic) bond motifs is 2. The second-order valence-electron chi connectivity index (χ2n) is 10.3. The van der Waals surface area contributed by atoms with Crippen LogP contribution in [0.15, 0.2) is 97.1 Å². The van der Waals surface area contributed by atoms with Gasteiger partial charge in [-0.25, -0.2) is 4.79 Å². The van der Waals surface area contributed by atoms with E-state index in [9.17, 15) is 14.4 Å². The van der Waals surface area contributed by atoms with Crippen LogP contribution >= 0.6 is 0 Å². The number of carbonyl (C=O) groups excluding carboxylic acids is 3. The van der Waals surface area contributed by atoms with Crippen LogP contribution in [0.2, 0.25) is 0 Å². The average molecular weight is 551 g/mol. The molecule has 2 fully saturated rings. The smallest absolute Gasteiger partial charge is 0.319 e. The van der Waals surface area contributed by atoms with Crippen molar-refractivity contribution < 1.29 is 19.5 Å². The number of aromatic hydroxyl groups is 1. The molecule has 2 aliphatic heterocycles. The van der Waals surface area contributed by atoms with Gasteiger partial charge in [-0.2, -0.15) is 0 Å². The second kappa shape index (κ2) is 12.6. The van der Waals surface area contributed by atoms with E-state index in [0.29, 0.717) is 31.9 Å². The van der Waals surface area contributed by atoms with Crippen molar-refractivity contribution in [2.24, 2.45) is 0 Å². The van der Waals surface area contributed by atoms with E-state index >= 15 is 0 Å². The van der Waals surface area contributed by atoms with Crippen LogP contribution in [-0.4, -0.2) is 63.5 Å². The lowest BCUT2D eigenvalue weighted by atomic mass is 10.0. The second-order valence-corrected chi connectivity index (χ2v) is 10.3. The van der Waals surface area contributed by atoms with E-state index in [1.165, 1.54) is 5.56 Å². The Bertz CT molecular complexity index is 1500. The van der Waals surface area contributed by atoms with Crippen LogP contribution in [0, 0.1) is 6.92 Å². The number of nitrogens with one attached hydrogen (secondary N) is 1. The maximum absolute atomic E-state index is 13.0. The van der Waals surface area contributed by atoms with E-state index in [1.54, 1.807) is 26.8 Å². The number of aryl methyl sites for hydroxylation is 1. The molecule has 6 rings (SSSR count). The number of phenolic OH excluding ortho intramolecular Hbond substituents is 1. The highest BCUT2D eigenvalue weighted by Gasteiger charge is 2.43. The third kappa shape index (κ3) is 6.66. The van der Waals surface area contributed by atoms with Crippen LogP contribution in [-0.2, 0) is 22.7 Å². The van der Waals surface area contributed by atoms with E-state index in [4.69, 9.17) is 5.11 Å². The summed E-state index contributed by atoms with van der Waals surface area (Å²) in [6.45, 7) is 3.48. The molecule has 0 saturated carbocycles. The molecule has 41 heavy (non-hydrogen) atoms. The SMILES string of the molecule is Cc1ccc(O)cc1.O=C1CN2C(=O)CCN(C(=O)NCc3ccccc3)C2CN1Cc1cccc2ccccc12. The van der Waals surface area contributed by atoms with Crippen molar-refractivity contribution in [1.82, 2.24) is 20.0 Å². The van der Waals surface area contributed by atoms with Crippen molar-refractivity contribution in [2.45, 2.75) is 32.6 Å². The number of hydrogen-bond acceptors (Lipinski definition) is 4. The molecule has 8 heteroatoms. The summed E-state index contributed by atoms with van der Waals surface area (Å²) >= 11 is 0. The summed E-state index contributed by atoms with van der Waals surface area (Å²) in [4.78, 5) is 43.5. The predicted molar refractivity (Wildman–Crippen MR) is 158 cm³/mol. The molecule has 4 amide bonds. The fourth-order valence-electron chi connectivity index (χ4n) is 5.22. The third-order valence-electron chi connectivity index (χ3n) is 7.47. The van der Waals surface area contributed by atoms with E-state index in [2.05, 4.69) is 23.5 Å². The van der Waals surface area contributed by atoms with Crippen LogP contribution in [0.5, 0.6) is 5.75 Å². The number of nitrogens with zero attached hydrogens (tertiary/aromatic N) is 3. The van der Waals surface area contributed by atoms with Gasteiger partial charge in [0.1, 0.15) is 18.5 Å². The van der Waals surface area contributed by atoms with Gasteiger partial charge in [-0.3, -0.25) is 9.59 Å². The quantitative estimate of drug-likeness (QED) is 0.387. The van der Waals surface area contributed by atoms with Gasteiger partial charge in [-0.15, -0.1) is 0 Å². The minimum Gasteiger partial charge on any atom is -0.508 e. The summed E-state index contributed by atoms with van der Waals surface area (Å²) in [6, 6.07) is 30.7. The van der Waals surface area contributed by atoms with E-state index in [0.717, 1.165) is 21.9 Å². The highest BCUT2D eigenvalue weighted by Crippen LogP contribution is 2.25. The Hall–Kier alpha value is -4.85. The minimum absolute atomic E-state index is 0.00324. The molecule has 2 heterocycles. The monoisotopic (exact) mass is 550 g/mol. The Morgan fingerprint density at radius 2 is 1.59 bits per heavy atom. The zero-order valence-electron chi connectivity index (χ0n) is 23.1. The van der Waals surface area contributed by atoms with Gasteiger partial charge in [0, 0.05) is 26.1 Å². The molecule has 0 spiro atoms. The number of benzene rings is 4. The average Bonchev–Trinajstić information content (AvgIpc) is 2.99. The maximum Gasteiger partial charge on any atom is 0.319 e. The number of hydrogen-bond donors (Lipinski definition) is 2. The lowest BCUT2D eigenvalue weighted by Crippen LogP contribution is -2.68. The Kier molecular flexibility index (Phi) is 8.48. The summed E-state index contributed by atoms with van der Waals surface area (Å²) in [5, 5.41) is 13.9. The summed E-state index contributed by atoms with van der Waals surface area (Å²) in [5.41, 5.74) is 3.23. The van der Waals surface area contributed by atoms with Gasteiger partial charge in [0.2, 0.25) is 11.8 Å². The molecular formula is C33H34N4O4. The first-order chi connectivity index (χ1) is 19.9. The van der Waals surface area contributed by atoms with Crippen molar-refractivity contribution in [3.05, 3.63) is 114 Å². The number of carbonyl (C=O) groups is 3. The summed E-state index contributed by atoms with van der Waals surface area (Å²) in [7, 11) is 0. The van der Waals surface area contributed by atoms with Gasteiger partial charge >= 0.3 is 6.03 Å². The van der Waals surface area contributed by atoms with Gasteiger partial charge < -0.3 is 25.1 Å². The van der Waals surface area contributed by atoms with Crippen molar-refractivity contribution in [3.8, 4) is 5.75 Å². The lowest BCUT2D eigenvalue weighted by Gasteiger charge is -2.48. The molecule has 2 saturated heterocycles. The highest BCUT2D eigenvalue weighted by molar-refractivity contribution is 5.89. The van der Waals surface area contributed by atoms with Crippen molar-refractivity contribution in [3.63, 3.8) is 0 Å². The molecule has 8 nitrogen and oxygen atoms in total. The van der Waals surface area contributed by atoms with Crippen LogP contribution in [0.1, 0.15) is 23.1 Å². The van der Waals surface area contributed by atoms with E-state index in [1.807, 2.05) is 73.7 Å². The topological polar surface area (TPSA) is 93.2 Å². The van der Waals surface area contributed by atoms with Gasteiger partial charge in [0.15, 0.2) is 0 Å². The molecule has 0 aromatic heterocycles. The Morgan fingerprint density at radius 3 is 2.34 bits per heavy atom. The molecule has 4 aromatic carbocycles. The largest absolute Gasteiger partial charge is 0.508 e. The van der Waals surface area contributed by atoms with Gasteiger partial charge in [0.25, 0.3) is 0 Å². The summed E-state index contributed by atoms with van der Waals surface area (Å²) in [5.74, 6) is 0.153. The molecule has 2 N–H and O–H groups in total. The summed E-state index contributed by atoms with van der Waals surface area (Å²) in [6.07, 6.45) is -0.235. The molecule has 2 aliphatic rings. The lowest BCUT2D eigenvalue weighted by molar-refractivity contribution is -0.159. The first-order valence-electron chi connectivity index (χ1n) is 13.8. The van der Waals surface area contributed by atoms with Crippen LogP contribution in [0.4, 0.5) is 4.79 Å². The number of rotatable bonds is 4. The standard InChI is InChI=1S/C26H26N4O3.C7H8O/c31-24-13-14-29(26(33)27-15-19-7-2-1-3-8-19)23-17-28(25(32)18-30(23)24)16-21-11-6-10-20-9-4-5-12-22(20)21;1-6-2-4-7(8)5-3-6/h1-12,23H,13-18H2,(H,27,33);2-5,8H,1H3. The van der Waals surface area contributed by atoms with Crippen molar-refractivity contribution in [1.29, 1.82) is 0 Å². The van der Waals surface area contributed by atoms with E-state index in [-0.39, 0.29) is 30.8 Å². The summed E-state index contributed by atoms with van der Waals surface area (Å²) < 4.78 is 0. The third-order valence-corrected chi connectivity index (χ3v) is 7.47. The van der Waals surface area contributed by atoms with Crippen molar-refractivity contribution in [2.75, 3.05) is 19.6 Å². The molecule has 0 aliphatic carbocycles. The molecule has 4 aromatic rings. The van der Waals surface area contributed by atoms with Crippen LogP contribution in [0.3, 0.4) is 0 Å². The van der Waals surface area contributed by atoms with Crippen LogP contribution in [0.25, 0.3) is 10.8 Å². The normalized spacial score (nSPS) is 16.6. The first-order valence-corrected chi connectivity index (χ1v) is 13.8. The number of urea groups is 1. The first kappa shape index (κ1) is 27.7. The van der Waals surface area contributed by atoms with E-state index < -0.39 is 6.17 Å². The zero-order chi connectivity index (χ0) is 28.8. The zero-order valence-corrected chi connectivity index (χ0v) is 23.1. The molecule has 0 radical (unpaired) electrons. The Morgan fingerprint density at radius 1 is 0.878 bits per heavy atom. The Balaban J connectivity index is 0.000000365. The van der Waals surface area contributed by atoms with Gasteiger partial charge in [-0.1, -0.05) is 90.5 Å². The number of phenols is 1. The molecule has 210 valence electrons. The number of piperazine rings is 1. The van der Waals surface area contributed by atoms with Crippen LogP contribution < -0.4 is 5.32 Å². The van der Waals surface area contributed by atoms with Gasteiger partial charge in [-0.05, 0) is 41.0 Å². The minimum atomic E-state index is -0.463. The highest BCUT2D eigenvalue weighted by atomic mass is 16.3. The van der Waals surface area contributed by atoms with Gasteiger partial charge in [0.05, 0.1) is 6.54 Å². The molecule has 0 bridgehead atoms. The molecule has 1 atom stereocenters. The molecular weight excluding hydrogens is 516 g/mol. The fraction of sp³-hybridized carbons (Fsp3) is 0.242.